The van der Waals surface area contributed by atoms with Gasteiger partial charge in [0.25, 0.3) is 5.91 Å². The van der Waals surface area contributed by atoms with Crippen LogP contribution in [-0.2, 0) is 20.8 Å². The first-order valence-corrected chi connectivity index (χ1v) is 12.6. The van der Waals surface area contributed by atoms with Gasteiger partial charge in [0.15, 0.2) is 6.10 Å². The second-order valence-electron chi connectivity index (χ2n) is 8.72. The average Bonchev–Trinajstić information content (AvgIpc) is 2.96. The van der Waals surface area contributed by atoms with E-state index in [0.717, 1.165) is 18.4 Å². The number of nitrogens with zero attached hydrogens (tertiary/aromatic N) is 1. The summed E-state index contributed by atoms with van der Waals surface area (Å²) in [5.41, 5.74) is 2.53. The Labute approximate surface area is 226 Å². The van der Waals surface area contributed by atoms with Gasteiger partial charge in [-0.1, -0.05) is 49.7 Å². The van der Waals surface area contributed by atoms with Gasteiger partial charge < -0.3 is 25.8 Å². The number of rotatable bonds is 14. The fourth-order valence-electron chi connectivity index (χ4n) is 3.64. The van der Waals surface area contributed by atoms with Gasteiger partial charge in [0.05, 0.1) is 6.61 Å². The van der Waals surface area contributed by atoms with Gasteiger partial charge in [0.2, 0.25) is 11.8 Å². The van der Waals surface area contributed by atoms with Crippen LogP contribution in [-0.4, -0.2) is 57.8 Å². The van der Waals surface area contributed by atoms with Gasteiger partial charge in [-0.05, 0) is 48.4 Å². The molecule has 3 amide bonds. The number of aromatic nitrogens is 1. The number of hydrogen-bond donors (Lipinski definition) is 6. The minimum atomic E-state index is -1.98. The zero-order chi connectivity index (χ0) is 28.0. The number of pyridine rings is 1. The van der Waals surface area contributed by atoms with Crippen molar-refractivity contribution >= 4 is 29.2 Å². The van der Waals surface area contributed by atoms with Crippen LogP contribution >= 0.6 is 0 Å². The lowest BCUT2D eigenvalue weighted by molar-refractivity contribution is -0.142. The van der Waals surface area contributed by atoms with Crippen LogP contribution in [0.2, 0.25) is 0 Å². The summed E-state index contributed by atoms with van der Waals surface area (Å²) in [5.74, 6) is -1.66. The second kappa shape index (κ2) is 15.1. The molecule has 2 aromatic carbocycles. The van der Waals surface area contributed by atoms with E-state index in [1.54, 1.807) is 66.7 Å². The molecule has 11 nitrogen and oxygen atoms in total. The highest BCUT2D eigenvalue weighted by Crippen LogP contribution is 2.18. The molecule has 11 heteroatoms. The number of carbonyl (C=O) groups is 3. The van der Waals surface area contributed by atoms with E-state index in [4.69, 9.17) is 9.94 Å². The lowest BCUT2D eigenvalue weighted by Gasteiger charge is -2.26. The summed E-state index contributed by atoms with van der Waals surface area (Å²) in [7, 11) is 0. The van der Waals surface area contributed by atoms with Crippen molar-refractivity contribution < 1.29 is 29.4 Å². The smallest absolute Gasteiger partial charge is 0.274 e. The van der Waals surface area contributed by atoms with Crippen LogP contribution in [0.4, 0.5) is 11.5 Å². The maximum atomic E-state index is 13.4. The van der Waals surface area contributed by atoms with E-state index in [0.29, 0.717) is 23.9 Å². The summed E-state index contributed by atoms with van der Waals surface area (Å²) < 4.78 is 5.64. The Kier molecular flexibility index (Phi) is 11.2. The molecule has 39 heavy (non-hydrogen) atoms. The summed E-state index contributed by atoms with van der Waals surface area (Å²) in [6, 6.07) is 18.1. The Morgan fingerprint density at radius 2 is 1.64 bits per heavy atom. The lowest BCUT2D eigenvalue weighted by Crippen LogP contribution is -2.56. The molecule has 0 aliphatic carbocycles. The summed E-state index contributed by atoms with van der Waals surface area (Å²) in [5, 5.41) is 27.7. The molecule has 6 N–H and O–H groups in total. The van der Waals surface area contributed by atoms with Gasteiger partial charge in [-0.3, -0.25) is 19.6 Å². The van der Waals surface area contributed by atoms with Crippen molar-refractivity contribution in [2.75, 3.05) is 17.2 Å². The molecule has 0 aliphatic heterocycles. The summed E-state index contributed by atoms with van der Waals surface area (Å²) in [6.07, 6.45) is 1.57. The number of aliphatic hydroxyl groups excluding tert-OH is 1. The predicted octanol–water partition coefficient (Wildman–Crippen LogP) is 2.27. The van der Waals surface area contributed by atoms with Crippen LogP contribution in [0.3, 0.4) is 0 Å². The molecular formula is C28H33N5O6. The van der Waals surface area contributed by atoms with Crippen molar-refractivity contribution in [3.8, 4) is 5.75 Å². The topological polar surface area (TPSA) is 162 Å². The molecule has 206 valence electrons. The van der Waals surface area contributed by atoms with E-state index in [2.05, 4.69) is 27.9 Å². The first-order chi connectivity index (χ1) is 18.9. The van der Waals surface area contributed by atoms with Gasteiger partial charge >= 0.3 is 0 Å². The first kappa shape index (κ1) is 29.1. The van der Waals surface area contributed by atoms with E-state index in [1.807, 2.05) is 6.07 Å². The molecule has 0 spiro atoms. The minimum absolute atomic E-state index is 0.129. The van der Waals surface area contributed by atoms with Crippen LogP contribution in [0.5, 0.6) is 5.75 Å². The van der Waals surface area contributed by atoms with Gasteiger partial charge in [-0.15, -0.1) is 0 Å². The molecule has 0 saturated heterocycles. The van der Waals surface area contributed by atoms with Gasteiger partial charge in [0, 0.05) is 18.3 Å². The van der Waals surface area contributed by atoms with E-state index in [-0.39, 0.29) is 6.42 Å². The lowest BCUT2D eigenvalue weighted by atomic mass is 10.0. The Morgan fingerprint density at radius 3 is 2.28 bits per heavy atom. The van der Waals surface area contributed by atoms with E-state index < -0.39 is 35.9 Å². The molecule has 1 aromatic heterocycles. The molecular weight excluding hydrogens is 502 g/mol. The largest absolute Gasteiger partial charge is 0.494 e. The van der Waals surface area contributed by atoms with E-state index >= 15 is 0 Å². The fourth-order valence-corrected chi connectivity index (χ4v) is 3.64. The molecule has 3 rings (SSSR count). The standard InChI is InChI=1S/C28H33N5O6/c1-2-3-17-39-21-14-12-20(13-15-21)30-24(25(34)28(37)33-38)27(36)31-22(18-19-9-5-4-6-10-19)26(35)32-23-11-7-8-16-29-23/h4-16,22,24-25,30,34,38H,2-3,17-18H2,1H3,(H,31,36)(H,33,37)(H,29,32,35). The Hall–Kier alpha value is -4.48. The molecule has 3 atom stereocenters. The molecule has 0 saturated carbocycles. The maximum absolute atomic E-state index is 13.4. The number of nitrogens with one attached hydrogen (secondary N) is 4. The van der Waals surface area contributed by atoms with Crippen LogP contribution in [0.15, 0.2) is 79.0 Å². The van der Waals surface area contributed by atoms with Crippen molar-refractivity contribution in [1.82, 2.24) is 15.8 Å². The zero-order valence-corrected chi connectivity index (χ0v) is 21.5. The monoisotopic (exact) mass is 535 g/mol. The highest BCUT2D eigenvalue weighted by Gasteiger charge is 2.34. The number of unbranched alkanes of at least 4 members (excludes halogenated alkanes) is 1. The summed E-state index contributed by atoms with van der Waals surface area (Å²) in [4.78, 5) is 42.7. The number of aliphatic hydroxyl groups is 1. The maximum Gasteiger partial charge on any atom is 0.274 e. The normalized spacial score (nSPS) is 12.9. The van der Waals surface area contributed by atoms with E-state index in [9.17, 15) is 19.5 Å². The summed E-state index contributed by atoms with van der Waals surface area (Å²) >= 11 is 0. The summed E-state index contributed by atoms with van der Waals surface area (Å²) in [6.45, 7) is 2.62. The van der Waals surface area contributed by atoms with Crippen molar-refractivity contribution in [3.63, 3.8) is 0 Å². The molecule has 0 fully saturated rings. The van der Waals surface area contributed by atoms with Crippen LogP contribution < -0.4 is 26.2 Å². The first-order valence-electron chi connectivity index (χ1n) is 12.6. The van der Waals surface area contributed by atoms with Crippen LogP contribution in [0.25, 0.3) is 0 Å². The van der Waals surface area contributed by atoms with Gasteiger partial charge in [-0.25, -0.2) is 10.5 Å². The number of carbonyl (C=O) groups excluding carboxylic acids is 3. The van der Waals surface area contributed by atoms with Crippen molar-refractivity contribution in [3.05, 3.63) is 84.6 Å². The third-order valence-corrected chi connectivity index (χ3v) is 5.75. The number of anilines is 2. The van der Waals surface area contributed by atoms with Gasteiger partial charge in [0.1, 0.15) is 23.7 Å². The fraction of sp³-hybridized carbons (Fsp3) is 0.286. The number of ether oxygens (including phenoxy) is 1. The third kappa shape index (κ3) is 9.09. The van der Waals surface area contributed by atoms with Crippen LogP contribution in [0, 0.1) is 0 Å². The van der Waals surface area contributed by atoms with Crippen LogP contribution in [0.1, 0.15) is 25.3 Å². The van der Waals surface area contributed by atoms with Crippen molar-refractivity contribution in [2.24, 2.45) is 0 Å². The second-order valence-corrected chi connectivity index (χ2v) is 8.72. The Balaban J connectivity index is 1.80. The molecule has 0 bridgehead atoms. The average molecular weight is 536 g/mol. The quantitative estimate of drug-likeness (QED) is 0.104. The zero-order valence-electron chi connectivity index (χ0n) is 21.5. The SMILES string of the molecule is CCCCOc1ccc(NC(C(=O)NC(Cc2ccccc2)C(=O)Nc2ccccn2)C(O)C(=O)NO)cc1. The Bertz CT molecular complexity index is 1190. The molecule has 0 radical (unpaired) electrons. The number of hydroxylamine groups is 1. The molecule has 0 aliphatic rings. The van der Waals surface area contributed by atoms with Gasteiger partial charge in [-0.2, -0.15) is 0 Å². The molecule has 3 aromatic rings. The number of amides is 3. The molecule has 1 heterocycles. The highest BCUT2D eigenvalue weighted by atomic mass is 16.5. The predicted molar refractivity (Wildman–Crippen MR) is 145 cm³/mol. The van der Waals surface area contributed by atoms with Crippen molar-refractivity contribution in [1.29, 1.82) is 0 Å². The number of hydrogen-bond acceptors (Lipinski definition) is 8. The van der Waals surface area contributed by atoms with Crippen molar-refractivity contribution in [2.45, 2.75) is 44.4 Å². The number of benzene rings is 2. The highest BCUT2D eigenvalue weighted by molar-refractivity contribution is 5.99. The third-order valence-electron chi connectivity index (χ3n) is 5.75. The molecule has 3 unspecified atom stereocenters. The van der Waals surface area contributed by atoms with E-state index in [1.165, 1.54) is 11.7 Å². The Morgan fingerprint density at radius 1 is 0.923 bits per heavy atom. The minimum Gasteiger partial charge on any atom is -0.494 e.